The predicted molar refractivity (Wildman–Crippen MR) is 135 cm³/mol. The molecule has 4 aromatic rings. The number of benzene rings is 2. The molecule has 0 unspecified atom stereocenters. The molecule has 3 N–H and O–H groups in total. The molecule has 6 nitrogen and oxygen atoms in total. The quantitative estimate of drug-likeness (QED) is 0.339. The Balaban J connectivity index is 1.21. The van der Waals surface area contributed by atoms with Gasteiger partial charge in [0.1, 0.15) is 0 Å². The van der Waals surface area contributed by atoms with Crippen molar-refractivity contribution in [3.05, 3.63) is 77.1 Å². The lowest BCUT2D eigenvalue weighted by molar-refractivity contribution is 0.0272. The first-order valence-corrected chi connectivity index (χ1v) is 12.1. The number of anilines is 1. The number of para-hydroxylation sites is 1. The van der Waals surface area contributed by atoms with Crippen LogP contribution in [0, 0.1) is 6.92 Å². The molecule has 2 aromatic carbocycles. The zero-order valence-corrected chi connectivity index (χ0v) is 19.7. The van der Waals surface area contributed by atoms with Gasteiger partial charge in [-0.1, -0.05) is 47.5 Å². The number of aromatic amines is 1. The molecule has 1 amide bonds. The lowest BCUT2D eigenvalue weighted by atomic mass is 9.54. The van der Waals surface area contributed by atoms with Gasteiger partial charge in [0.25, 0.3) is 5.91 Å². The summed E-state index contributed by atoms with van der Waals surface area (Å²) in [6.07, 6.45) is 8.41. The number of fused-ring (bicyclic) bond motifs is 3. The van der Waals surface area contributed by atoms with Crippen molar-refractivity contribution in [2.75, 3.05) is 5.32 Å². The van der Waals surface area contributed by atoms with Gasteiger partial charge in [-0.25, -0.2) is 9.97 Å². The van der Waals surface area contributed by atoms with E-state index in [1.165, 1.54) is 0 Å². The summed E-state index contributed by atoms with van der Waals surface area (Å²) in [7, 11) is 0. The zero-order valence-electron chi connectivity index (χ0n) is 19.0. The number of carbonyl (C=O) groups excluding carboxylic acids is 1. The highest BCUT2D eigenvalue weighted by Gasteiger charge is 2.58. The number of aromatic nitrogens is 3. The predicted octanol–water partition coefficient (Wildman–Crippen LogP) is 5.88. The van der Waals surface area contributed by atoms with Gasteiger partial charge in [-0.3, -0.25) is 4.79 Å². The first-order chi connectivity index (χ1) is 16.4. The fraction of sp³-hybridized carbons (Fsp3) is 0.296. The largest absolute Gasteiger partial charge is 0.360 e. The first kappa shape index (κ1) is 21.2. The van der Waals surface area contributed by atoms with Crippen molar-refractivity contribution in [1.29, 1.82) is 0 Å². The summed E-state index contributed by atoms with van der Waals surface area (Å²) in [5, 5.41) is 8.52. The Morgan fingerprint density at radius 3 is 2.65 bits per heavy atom. The van der Waals surface area contributed by atoms with Gasteiger partial charge in [0.15, 0.2) is 0 Å². The van der Waals surface area contributed by atoms with Gasteiger partial charge in [-0.05, 0) is 57.2 Å². The molecule has 0 saturated heterocycles. The van der Waals surface area contributed by atoms with Crippen molar-refractivity contribution in [1.82, 2.24) is 20.3 Å². The van der Waals surface area contributed by atoms with Crippen LogP contribution < -0.4 is 10.6 Å². The number of halogens is 1. The third kappa shape index (κ3) is 3.62. The van der Waals surface area contributed by atoms with E-state index in [1.807, 2.05) is 55.6 Å². The van der Waals surface area contributed by atoms with Crippen molar-refractivity contribution in [3.8, 4) is 11.3 Å². The summed E-state index contributed by atoms with van der Waals surface area (Å²) in [5.41, 5.74) is 4.29. The van der Waals surface area contributed by atoms with Crippen molar-refractivity contribution in [2.45, 2.75) is 50.1 Å². The van der Waals surface area contributed by atoms with Crippen LogP contribution in [0.3, 0.4) is 0 Å². The van der Waals surface area contributed by atoms with Crippen molar-refractivity contribution in [2.24, 2.45) is 0 Å². The lowest BCUT2D eigenvalue weighted by Gasteiger charge is -2.60. The maximum Gasteiger partial charge on any atom is 0.251 e. The van der Waals surface area contributed by atoms with E-state index in [-0.39, 0.29) is 17.0 Å². The zero-order chi connectivity index (χ0) is 23.3. The van der Waals surface area contributed by atoms with E-state index in [4.69, 9.17) is 16.6 Å². The van der Waals surface area contributed by atoms with E-state index in [0.717, 1.165) is 54.1 Å². The van der Waals surface area contributed by atoms with Gasteiger partial charge in [0.2, 0.25) is 5.95 Å². The molecule has 0 radical (unpaired) electrons. The van der Waals surface area contributed by atoms with Crippen LogP contribution in [0.1, 0.15) is 48.0 Å². The minimum absolute atomic E-state index is 0.000125. The number of H-pyrrole nitrogens is 1. The highest BCUT2D eigenvalue weighted by molar-refractivity contribution is 6.33. The number of aryl methyl sites for hydroxylation is 1. The van der Waals surface area contributed by atoms with Crippen LogP contribution >= 0.6 is 11.6 Å². The lowest BCUT2D eigenvalue weighted by Crippen LogP contribution is -2.70. The average Bonchev–Trinajstić information content (AvgIpc) is 3.24. The summed E-state index contributed by atoms with van der Waals surface area (Å²) in [4.78, 5) is 25.4. The van der Waals surface area contributed by atoms with E-state index >= 15 is 0 Å². The van der Waals surface area contributed by atoms with Crippen molar-refractivity contribution >= 4 is 34.4 Å². The van der Waals surface area contributed by atoms with Crippen LogP contribution in [0.4, 0.5) is 5.95 Å². The van der Waals surface area contributed by atoms with E-state index in [1.54, 1.807) is 6.20 Å². The molecule has 172 valence electrons. The van der Waals surface area contributed by atoms with Crippen molar-refractivity contribution < 1.29 is 4.79 Å². The monoisotopic (exact) mass is 471 g/mol. The van der Waals surface area contributed by atoms with Gasteiger partial charge in [0, 0.05) is 39.3 Å². The Hall–Kier alpha value is -3.38. The SMILES string of the molecule is Cc1ccc(C(=O)NC23CCCC(Nc4ncc(Cl)c(-c5c[nH]c6ccccc56)n4)(C2)C3)cc1. The van der Waals surface area contributed by atoms with E-state index in [2.05, 4.69) is 26.7 Å². The molecule has 0 spiro atoms. The summed E-state index contributed by atoms with van der Waals surface area (Å²) in [5.74, 6) is 0.574. The summed E-state index contributed by atoms with van der Waals surface area (Å²) in [6.45, 7) is 2.02. The number of amides is 1. The third-order valence-corrected chi connectivity index (χ3v) is 7.60. The highest BCUT2D eigenvalue weighted by Crippen LogP contribution is 2.53. The van der Waals surface area contributed by atoms with Gasteiger partial charge in [-0.15, -0.1) is 0 Å². The molecule has 3 aliphatic rings. The topological polar surface area (TPSA) is 82.7 Å². The van der Waals surface area contributed by atoms with E-state index < -0.39 is 0 Å². The number of hydrogen-bond acceptors (Lipinski definition) is 4. The molecule has 2 aromatic heterocycles. The van der Waals surface area contributed by atoms with Gasteiger partial charge in [0.05, 0.1) is 16.9 Å². The second-order valence-corrected chi connectivity index (χ2v) is 10.3. The minimum Gasteiger partial charge on any atom is -0.360 e. The van der Waals surface area contributed by atoms with Gasteiger partial charge >= 0.3 is 0 Å². The molecule has 0 aliphatic heterocycles. The number of hydrogen-bond donors (Lipinski definition) is 3. The standard InChI is InChI=1S/C27H26ClN5O/c1-17-7-9-18(10-8-17)24(34)32-26-11-4-12-27(15-26,16-26)33-25-30-14-21(28)23(31-25)20-13-29-22-6-3-2-5-19(20)22/h2-3,5-10,13-14,29H,4,11-12,15-16H2,1H3,(H,32,34)(H,30,31,33). The summed E-state index contributed by atoms with van der Waals surface area (Å²) >= 11 is 6.51. The number of nitrogens with one attached hydrogen (secondary N) is 3. The van der Waals surface area contributed by atoms with Crippen LogP contribution in [-0.2, 0) is 0 Å². The molecule has 2 bridgehead atoms. The number of carbonyl (C=O) groups is 1. The molecule has 2 heterocycles. The van der Waals surface area contributed by atoms with Gasteiger partial charge < -0.3 is 15.6 Å². The fourth-order valence-corrected chi connectivity index (χ4v) is 6.00. The molecule has 0 atom stereocenters. The highest BCUT2D eigenvalue weighted by atomic mass is 35.5. The van der Waals surface area contributed by atoms with Crippen LogP contribution in [0.15, 0.2) is 60.9 Å². The number of rotatable bonds is 5. The average molecular weight is 472 g/mol. The summed E-state index contributed by atoms with van der Waals surface area (Å²) in [6, 6.07) is 15.8. The molecule has 7 rings (SSSR count). The smallest absolute Gasteiger partial charge is 0.251 e. The Labute approximate surface area is 203 Å². The second kappa shape index (κ2) is 7.84. The fourth-order valence-electron chi connectivity index (χ4n) is 5.80. The number of nitrogens with zero attached hydrogens (tertiary/aromatic N) is 2. The normalized spacial score (nSPS) is 23.4. The third-order valence-electron chi connectivity index (χ3n) is 7.32. The minimum atomic E-state index is -0.167. The Morgan fingerprint density at radius 2 is 1.82 bits per heavy atom. The van der Waals surface area contributed by atoms with E-state index in [0.29, 0.717) is 22.2 Å². The molecule has 3 saturated carbocycles. The van der Waals surface area contributed by atoms with Crippen LogP contribution in [0.25, 0.3) is 22.2 Å². The molecule has 3 aliphatic carbocycles. The molecule has 3 fully saturated rings. The van der Waals surface area contributed by atoms with Crippen LogP contribution in [0.5, 0.6) is 0 Å². The molecule has 7 heteroatoms. The summed E-state index contributed by atoms with van der Waals surface area (Å²) < 4.78 is 0. The Morgan fingerprint density at radius 1 is 1.06 bits per heavy atom. The van der Waals surface area contributed by atoms with Gasteiger partial charge in [-0.2, -0.15) is 0 Å². The van der Waals surface area contributed by atoms with E-state index in [9.17, 15) is 4.79 Å². The van der Waals surface area contributed by atoms with Crippen LogP contribution in [-0.4, -0.2) is 31.9 Å². The van der Waals surface area contributed by atoms with Crippen molar-refractivity contribution in [3.63, 3.8) is 0 Å². The maximum absolute atomic E-state index is 12.9. The first-order valence-electron chi connectivity index (χ1n) is 11.7. The maximum atomic E-state index is 12.9. The second-order valence-electron chi connectivity index (χ2n) is 9.85. The Kier molecular flexibility index (Phi) is 4.88. The molecular weight excluding hydrogens is 446 g/mol. The van der Waals surface area contributed by atoms with Crippen LogP contribution in [0.2, 0.25) is 5.02 Å². The molecule has 34 heavy (non-hydrogen) atoms. The Bertz CT molecular complexity index is 1390. The molecular formula is C27H26ClN5O.